The summed E-state index contributed by atoms with van der Waals surface area (Å²) in [7, 11) is 0. The summed E-state index contributed by atoms with van der Waals surface area (Å²) >= 11 is 5.85. The molecule has 1 aliphatic heterocycles. The molecule has 0 aromatic heterocycles. The first-order valence-electron chi connectivity index (χ1n) is 5.36. The predicted molar refractivity (Wildman–Crippen MR) is 65.8 cm³/mol. The molecule has 0 saturated heterocycles. The second-order valence-corrected chi connectivity index (χ2v) is 4.95. The van der Waals surface area contributed by atoms with Crippen LogP contribution in [0.1, 0.15) is 12.5 Å². The molecule has 0 bridgehead atoms. The van der Waals surface area contributed by atoms with Gasteiger partial charge in [-0.05, 0) is 24.6 Å². The number of aliphatic hydroxyl groups is 1. The molecule has 1 amide bonds. The molecule has 1 aromatic carbocycles. The van der Waals surface area contributed by atoms with E-state index in [0.717, 1.165) is 12.5 Å². The van der Waals surface area contributed by atoms with E-state index in [0.29, 0.717) is 10.7 Å². The van der Waals surface area contributed by atoms with E-state index in [1.54, 1.807) is 18.2 Å². The molecule has 6 heteroatoms. The highest BCUT2D eigenvalue weighted by Gasteiger charge is 2.38. The smallest absolute Gasteiger partial charge is 0.337 e. The monoisotopic (exact) mass is 269 g/mol. The van der Waals surface area contributed by atoms with Gasteiger partial charge in [0.25, 0.3) is 0 Å². The first-order valence-corrected chi connectivity index (χ1v) is 5.73. The van der Waals surface area contributed by atoms with Gasteiger partial charge in [-0.15, -0.1) is 0 Å². The lowest BCUT2D eigenvalue weighted by atomic mass is 10.1. The van der Waals surface area contributed by atoms with Crippen LogP contribution in [-0.2, 0) is 16.0 Å². The van der Waals surface area contributed by atoms with Crippen molar-refractivity contribution in [1.82, 2.24) is 0 Å². The van der Waals surface area contributed by atoms with Crippen molar-refractivity contribution in [2.75, 3.05) is 11.4 Å². The molecule has 2 N–H and O–H groups in total. The number of carboxylic acid groups (broad SMARTS) is 1. The van der Waals surface area contributed by atoms with Crippen molar-refractivity contribution in [3.8, 4) is 0 Å². The molecular weight excluding hydrogens is 258 g/mol. The molecule has 1 aliphatic rings. The molecule has 18 heavy (non-hydrogen) atoms. The highest BCUT2D eigenvalue weighted by molar-refractivity contribution is 6.31. The largest absolute Gasteiger partial charge is 0.479 e. The fraction of sp³-hybridized carbons (Fsp3) is 0.333. The molecule has 2 rings (SSSR count). The zero-order valence-electron chi connectivity index (χ0n) is 9.68. The van der Waals surface area contributed by atoms with E-state index < -0.39 is 11.6 Å². The Labute approximate surface area is 109 Å². The van der Waals surface area contributed by atoms with Crippen molar-refractivity contribution in [2.24, 2.45) is 0 Å². The minimum absolute atomic E-state index is 0.197. The molecule has 1 heterocycles. The summed E-state index contributed by atoms with van der Waals surface area (Å²) in [6.07, 6.45) is 0.197. The number of benzene rings is 1. The molecule has 1 atom stereocenters. The molecule has 0 fully saturated rings. The first kappa shape index (κ1) is 12.9. The summed E-state index contributed by atoms with van der Waals surface area (Å²) in [5.74, 6) is -1.61. The molecule has 0 radical (unpaired) electrons. The lowest BCUT2D eigenvalue weighted by Crippen LogP contribution is -2.47. The molecule has 0 aliphatic carbocycles. The number of amides is 1. The second-order valence-electron chi connectivity index (χ2n) is 4.51. The summed E-state index contributed by atoms with van der Waals surface area (Å²) in [6.45, 7) is 0.861. The van der Waals surface area contributed by atoms with E-state index in [9.17, 15) is 14.7 Å². The van der Waals surface area contributed by atoms with Crippen molar-refractivity contribution in [1.29, 1.82) is 0 Å². The van der Waals surface area contributed by atoms with Crippen LogP contribution in [0.4, 0.5) is 5.69 Å². The van der Waals surface area contributed by atoms with Crippen LogP contribution in [0, 0.1) is 0 Å². The Kier molecular flexibility index (Phi) is 3.04. The van der Waals surface area contributed by atoms with Crippen LogP contribution in [0.15, 0.2) is 18.2 Å². The van der Waals surface area contributed by atoms with Crippen molar-refractivity contribution < 1.29 is 19.8 Å². The predicted octanol–water partition coefficient (Wildman–Crippen LogP) is 1.06. The van der Waals surface area contributed by atoms with Crippen LogP contribution in [0.3, 0.4) is 0 Å². The van der Waals surface area contributed by atoms with Gasteiger partial charge in [0, 0.05) is 10.7 Å². The van der Waals surface area contributed by atoms with Crippen LogP contribution in [0.5, 0.6) is 0 Å². The maximum Gasteiger partial charge on any atom is 0.337 e. The number of carbonyl (C=O) groups is 2. The van der Waals surface area contributed by atoms with E-state index in [4.69, 9.17) is 16.7 Å². The van der Waals surface area contributed by atoms with E-state index in [-0.39, 0.29) is 18.9 Å². The number of β-amino-alcohol motifs (C(OH)–C–C–N with tert-alkyl or cyclic N) is 1. The Morgan fingerprint density at radius 1 is 1.56 bits per heavy atom. The zero-order valence-corrected chi connectivity index (χ0v) is 10.4. The average Bonchev–Trinajstić information content (AvgIpc) is 2.55. The third-order valence-electron chi connectivity index (χ3n) is 2.91. The molecule has 0 saturated carbocycles. The zero-order chi connectivity index (χ0) is 13.5. The molecular formula is C12H12ClNO4. The van der Waals surface area contributed by atoms with Crippen LogP contribution in [0.25, 0.3) is 0 Å². The highest BCUT2D eigenvalue weighted by atomic mass is 35.5. The molecule has 1 aromatic rings. The second kappa shape index (κ2) is 4.26. The topological polar surface area (TPSA) is 77.8 Å². The summed E-state index contributed by atoms with van der Waals surface area (Å²) in [5, 5.41) is 19.1. The number of anilines is 1. The van der Waals surface area contributed by atoms with E-state index in [1.807, 2.05) is 0 Å². The normalized spacial score (nSPS) is 17.5. The number of rotatable bonds is 3. The number of aliphatic carboxylic acids is 1. The Bertz CT molecular complexity index is 527. The van der Waals surface area contributed by atoms with Crippen LogP contribution < -0.4 is 4.90 Å². The average molecular weight is 270 g/mol. The Hall–Kier alpha value is -1.59. The molecule has 0 unspecified atom stereocenters. The van der Waals surface area contributed by atoms with Crippen LogP contribution in [-0.4, -0.2) is 34.2 Å². The molecule has 96 valence electrons. The van der Waals surface area contributed by atoms with Gasteiger partial charge in [0.2, 0.25) is 5.91 Å². The van der Waals surface area contributed by atoms with E-state index in [2.05, 4.69) is 0 Å². The third-order valence-corrected chi connectivity index (χ3v) is 3.14. The van der Waals surface area contributed by atoms with Crippen LogP contribution in [0.2, 0.25) is 5.02 Å². The van der Waals surface area contributed by atoms with Gasteiger partial charge in [-0.2, -0.15) is 0 Å². The lowest BCUT2D eigenvalue weighted by Gasteiger charge is -2.25. The van der Waals surface area contributed by atoms with E-state index in [1.165, 1.54) is 4.90 Å². The number of hydrogen-bond acceptors (Lipinski definition) is 3. The highest BCUT2D eigenvalue weighted by Crippen LogP contribution is 2.32. The fourth-order valence-corrected chi connectivity index (χ4v) is 2.05. The lowest BCUT2D eigenvalue weighted by molar-refractivity contribution is -0.155. The maximum absolute atomic E-state index is 11.8. The van der Waals surface area contributed by atoms with Gasteiger partial charge < -0.3 is 15.1 Å². The van der Waals surface area contributed by atoms with Gasteiger partial charge in [0.05, 0.1) is 13.0 Å². The minimum Gasteiger partial charge on any atom is -0.479 e. The Balaban J connectivity index is 2.33. The summed E-state index contributed by atoms with van der Waals surface area (Å²) in [6, 6.07) is 5.00. The Morgan fingerprint density at radius 3 is 2.83 bits per heavy atom. The minimum atomic E-state index is -1.99. The van der Waals surface area contributed by atoms with Crippen molar-refractivity contribution >= 4 is 29.2 Å². The molecule has 5 nitrogen and oxygen atoms in total. The molecule has 0 spiro atoms. The van der Waals surface area contributed by atoms with Gasteiger partial charge in [0.15, 0.2) is 5.60 Å². The van der Waals surface area contributed by atoms with Crippen LogP contribution >= 0.6 is 11.6 Å². The number of carbonyl (C=O) groups excluding carboxylic acids is 1. The van der Waals surface area contributed by atoms with Gasteiger partial charge in [0.1, 0.15) is 0 Å². The summed E-state index contributed by atoms with van der Waals surface area (Å²) in [5.41, 5.74) is -0.640. The van der Waals surface area contributed by atoms with Gasteiger partial charge in [-0.3, -0.25) is 4.79 Å². The number of carboxylic acids is 1. The Morgan fingerprint density at radius 2 is 2.22 bits per heavy atom. The van der Waals surface area contributed by atoms with Crippen molar-refractivity contribution in [3.05, 3.63) is 28.8 Å². The standard InChI is InChI=1S/C12H12ClNO4/c1-12(18,11(16)17)6-14-9-5-8(13)3-2-7(9)4-10(14)15/h2-3,5,18H,4,6H2,1H3,(H,16,17)/t12-/m1/s1. The quantitative estimate of drug-likeness (QED) is 0.860. The number of hydrogen-bond donors (Lipinski definition) is 2. The van der Waals surface area contributed by atoms with Crippen molar-refractivity contribution in [2.45, 2.75) is 18.9 Å². The first-order chi connectivity index (χ1) is 8.31. The summed E-state index contributed by atoms with van der Waals surface area (Å²) < 4.78 is 0. The number of halogens is 1. The van der Waals surface area contributed by atoms with E-state index >= 15 is 0 Å². The number of nitrogens with zero attached hydrogens (tertiary/aromatic N) is 1. The third kappa shape index (κ3) is 2.19. The maximum atomic E-state index is 11.8. The SMILES string of the molecule is C[C@@](O)(CN1C(=O)Cc2ccc(Cl)cc21)C(=O)O. The fourth-order valence-electron chi connectivity index (χ4n) is 1.88. The van der Waals surface area contributed by atoms with Gasteiger partial charge >= 0.3 is 5.97 Å². The van der Waals surface area contributed by atoms with Gasteiger partial charge in [-0.1, -0.05) is 17.7 Å². The van der Waals surface area contributed by atoms with Gasteiger partial charge in [-0.25, -0.2) is 4.79 Å². The summed E-state index contributed by atoms with van der Waals surface area (Å²) in [4.78, 5) is 24.0. The van der Waals surface area contributed by atoms with Crippen molar-refractivity contribution in [3.63, 3.8) is 0 Å². The number of fused-ring (bicyclic) bond motifs is 1.